The molecule has 1 saturated heterocycles. The molecule has 1 aliphatic heterocycles. The molecule has 6 nitrogen and oxygen atoms in total. The number of aromatic nitrogens is 1. The van der Waals surface area contributed by atoms with Crippen molar-refractivity contribution in [1.82, 2.24) is 9.71 Å². The minimum absolute atomic E-state index is 0.0926. The molecule has 1 aromatic heterocycles. The van der Waals surface area contributed by atoms with E-state index in [9.17, 15) is 8.42 Å². The number of ether oxygens (including phenoxy) is 1. The highest BCUT2D eigenvalue weighted by atomic mass is 32.2. The summed E-state index contributed by atoms with van der Waals surface area (Å²) in [4.78, 5) is 3.08. The maximum atomic E-state index is 12.2. The summed E-state index contributed by atoms with van der Waals surface area (Å²) in [5.74, 6) is 0. The zero-order valence-electron chi connectivity index (χ0n) is 11.3. The van der Waals surface area contributed by atoms with Gasteiger partial charge in [-0.3, -0.25) is 0 Å². The van der Waals surface area contributed by atoms with E-state index in [0.29, 0.717) is 31.7 Å². The summed E-state index contributed by atoms with van der Waals surface area (Å²) in [6.07, 6.45) is 2.83. The van der Waals surface area contributed by atoms with Gasteiger partial charge in [-0.25, -0.2) is 13.1 Å². The third-order valence-electron chi connectivity index (χ3n) is 3.27. The second kappa shape index (κ2) is 5.24. The van der Waals surface area contributed by atoms with Gasteiger partial charge in [0.1, 0.15) is 0 Å². The van der Waals surface area contributed by atoms with Gasteiger partial charge in [-0.1, -0.05) is 0 Å². The van der Waals surface area contributed by atoms with E-state index in [1.165, 1.54) is 6.20 Å². The molecule has 0 aliphatic carbocycles. The lowest BCUT2D eigenvalue weighted by molar-refractivity contribution is -0.0599. The molecule has 1 fully saturated rings. The molecule has 7 heteroatoms. The molecule has 108 valence electrons. The number of H-pyrrole nitrogens is 1. The Bertz CT molecular complexity index is 536. The van der Waals surface area contributed by atoms with E-state index in [4.69, 9.17) is 10.5 Å². The van der Waals surface area contributed by atoms with Crippen molar-refractivity contribution < 1.29 is 13.2 Å². The molecule has 0 saturated carbocycles. The highest BCUT2D eigenvalue weighted by Gasteiger charge is 2.31. The number of hydrogen-bond donors (Lipinski definition) is 3. The molecule has 1 atom stereocenters. The molecule has 1 aromatic rings. The van der Waals surface area contributed by atoms with Gasteiger partial charge in [-0.15, -0.1) is 0 Å². The topological polar surface area (TPSA) is 97.2 Å². The predicted octanol–water partition coefficient (Wildman–Crippen LogP) is 0.709. The lowest BCUT2D eigenvalue weighted by Gasteiger charge is -2.35. The summed E-state index contributed by atoms with van der Waals surface area (Å²) < 4.78 is 32.8. The van der Waals surface area contributed by atoms with E-state index in [2.05, 4.69) is 9.71 Å². The molecule has 0 radical (unpaired) electrons. The molecule has 1 aliphatic rings. The van der Waals surface area contributed by atoms with Gasteiger partial charge in [0.05, 0.1) is 10.5 Å². The second-order valence-electron chi connectivity index (χ2n) is 5.48. The number of rotatable bonds is 4. The van der Waals surface area contributed by atoms with E-state index in [1.807, 2.05) is 13.8 Å². The molecule has 4 N–H and O–H groups in total. The van der Waals surface area contributed by atoms with Crippen LogP contribution in [0.4, 0.5) is 0 Å². The van der Waals surface area contributed by atoms with E-state index < -0.39 is 10.0 Å². The van der Waals surface area contributed by atoms with Crippen LogP contribution in [0.2, 0.25) is 0 Å². The molecule has 2 rings (SSSR count). The van der Waals surface area contributed by atoms with Gasteiger partial charge in [0, 0.05) is 31.1 Å². The maximum absolute atomic E-state index is 12.2. The first-order valence-corrected chi connectivity index (χ1v) is 7.84. The van der Waals surface area contributed by atoms with Gasteiger partial charge >= 0.3 is 0 Å². The number of nitrogens with two attached hydrogens (primary N) is 1. The molecule has 0 spiro atoms. The minimum atomic E-state index is -3.49. The van der Waals surface area contributed by atoms with Gasteiger partial charge in [0.2, 0.25) is 10.0 Å². The van der Waals surface area contributed by atoms with Gasteiger partial charge in [0.15, 0.2) is 0 Å². The minimum Gasteiger partial charge on any atom is -0.375 e. The van der Waals surface area contributed by atoms with Crippen molar-refractivity contribution in [3.05, 3.63) is 18.0 Å². The summed E-state index contributed by atoms with van der Waals surface area (Å²) in [7, 11) is -3.49. The SMILES string of the molecule is CC1(C)CC(NS(=O)(=O)c2c[nH]c(CN)c2)CCO1. The third kappa shape index (κ3) is 3.56. The fraction of sp³-hybridized carbons (Fsp3) is 0.667. The van der Waals surface area contributed by atoms with Crippen LogP contribution in [0.5, 0.6) is 0 Å². The van der Waals surface area contributed by atoms with E-state index in [-0.39, 0.29) is 16.5 Å². The summed E-state index contributed by atoms with van der Waals surface area (Å²) in [6.45, 7) is 4.80. The van der Waals surface area contributed by atoms with Crippen LogP contribution in [0.25, 0.3) is 0 Å². The van der Waals surface area contributed by atoms with Gasteiger partial charge in [0.25, 0.3) is 0 Å². The van der Waals surface area contributed by atoms with Crippen LogP contribution >= 0.6 is 0 Å². The van der Waals surface area contributed by atoms with Crippen molar-refractivity contribution in [3.63, 3.8) is 0 Å². The Morgan fingerprint density at radius 3 is 2.89 bits per heavy atom. The summed E-state index contributed by atoms with van der Waals surface area (Å²) in [5.41, 5.74) is 5.88. The highest BCUT2D eigenvalue weighted by Crippen LogP contribution is 2.25. The predicted molar refractivity (Wildman–Crippen MR) is 72.1 cm³/mol. The average molecular weight is 287 g/mol. The second-order valence-corrected chi connectivity index (χ2v) is 7.20. The van der Waals surface area contributed by atoms with E-state index >= 15 is 0 Å². The van der Waals surface area contributed by atoms with Crippen LogP contribution in [-0.4, -0.2) is 31.7 Å². The molecule has 0 aromatic carbocycles. The normalized spacial score (nSPS) is 23.4. The number of hydrogen-bond acceptors (Lipinski definition) is 4. The molecule has 2 heterocycles. The van der Waals surface area contributed by atoms with Crippen LogP contribution in [0, 0.1) is 0 Å². The van der Waals surface area contributed by atoms with Gasteiger partial charge < -0.3 is 15.5 Å². The molecule has 0 amide bonds. The van der Waals surface area contributed by atoms with Crippen molar-refractivity contribution in [2.75, 3.05) is 6.61 Å². The Morgan fingerprint density at radius 2 is 2.32 bits per heavy atom. The number of sulfonamides is 1. The zero-order valence-corrected chi connectivity index (χ0v) is 12.1. The molecule has 0 bridgehead atoms. The van der Waals surface area contributed by atoms with Crippen molar-refractivity contribution in [2.24, 2.45) is 5.73 Å². The first-order valence-electron chi connectivity index (χ1n) is 6.36. The first kappa shape index (κ1) is 14.5. The lowest BCUT2D eigenvalue weighted by atomic mass is 9.95. The van der Waals surface area contributed by atoms with Crippen molar-refractivity contribution in [2.45, 2.75) is 49.8 Å². The van der Waals surface area contributed by atoms with Crippen LogP contribution in [0.15, 0.2) is 17.2 Å². The van der Waals surface area contributed by atoms with Crippen molar-refractivity contribution in [3.8, 4) is 0 Å². The van der Waals surface area contributed by atoms with Crippen LogP contribution in [0.3, 0.4) is 0 Å². The van der Waals surface area contributed by atoms with Crippen molar-refractivity contribution in [1.29, 1.82) is 0 Å². The van der Waals surface area contributed by atoms with E-state index in [1.54, 1.807) is 6.07 Å². The van der Waals surface area contributed by atoms with Gasteiger partial charge in [-0.05, 0) is 32.8 Å². The monoisotopic (exact) mass is 287 g/mol. The van der Waals surface area contributed by atoms with Gasteiger partial charge in [-0.2, -0.15) is 0 Å². The Labute approximate surface area is 113 Å². The molecule has 1 unspecified atom stereocenters. The highest BCUT2D eigenvalue weighted by molar-refractivity contribution is 7.89. The number of aromatic amines is 1. The standard InChI is InChI=1S/C12H21N3O3S/c1-12(2)6-9(3-4-18-12)15-19(16,17)11-5-10(7-13)14-8-11/h5,8-9,14-15H,3-4,6-7,13H2,1-2H3. The maximum Gasteiger partial charge on any atom is 0.242 e. The lowest BCUT2D eigenvalue weighted by Crippen LogP contribution is -2.45. The third-order valence-corrected chi connectivity index (χ3v) is 4.77. The Kier molecular flexibility index (Phi) is 4.00. The van der Waals surface area contributed by atoms with Crippen molar-refractivity contribution >= 4 is 10.0 Å². The number of nitrogens with one attached hydrogen (secondary N) is 2. The molecular formula is C12H21N3O3S. The largest absolute Gasteiger partial charge is 0.375 e. The van der Waals surface area contributed by atoms with E-state index in [0.717, 1.165) is 0 Å². The zero-order chi connectivity index (χ0) is 14.1. The molecule has 19 heavy (non-hydrogen) atoms. The fourth-order valence-corrected chi connectivity index (χ4v) is 3.60. The summed E-state index contributed by atoms with van der Waals surface area (Å²) in [6, 6.07) is 1.47. The van der Waals surface area contributed by atoms with Crippen LogP contribution in [0.1, 0.15) is 32.4 Å². The molecular weight excluding hydrogens is 266 g/mol. The first-order chi connectivity index (χ1) is 8.82. The quantitative estimate of drug-likeness (QED) is 0.759. The van der Waals surface area contributed by atoms with Crippen LogP contribution < -0.4 is 10.5 Å². The summed E-state index contributed by atoms with van der Waals surface area (Å²) in [5, 5.41) is 0. The Morgan fingerprint density at radius 1 is 1.58 bits per heavy atom. The fourth-order valence-electron chi connectivity index (χ4n) is 2.31. The summed E-state index contributed by atoms with van der Waals surface area (Å²) >= 11 is 0. The average Bonchev–Trinajstić information content (AvgIpc) is 2.76. The Balaban J connectivity index is 2.09. The van der Waals surface area contributed by atoms with Crippen LogP contribution in [-0.2, 0) is 21.3 Å². The smallest absolute Gasteiger partial charge is 0.242 e. The Hall–Kier alpha value is -0.890.